The summed E-state index contributed by atoms with van der Waals surface area (Å²) in [6, 6.07) is 11.1. The average molecular weight is 517 g/mol. The van der Waals surface area contributed by atoms with Gasteiger partial charge in [0.1, 0.15) is 0 Å². The molecule has 36 heavy (non-hydrogen) atoms. The van der Waals surface area contributed by atoms with Crippen LogP contribution in [-0.2, 0) is 9.47 Å². The van der Waals surface area contributed by atoms with Gasteiger partial charge in [0.15, 0.2) is 0 Å². The normalized spacial score (nSPS) is 22.8. The molecule has 1 aromatic rings. The largest absolute Gasteiger partial charge is 0.396 e. The van der Waals surface area contributed by atoms with Crippen molar-refractivity contribution in [2.24, 2.45) is 17.3 Å². The van der Waals surface area contributed by atoms with Crippen LogP contribution in [0.2, 0.25) is 19.1 Å². The van der Waals surface area contributed by atoms with Gasteiger partial charge in [0.25, 0.3) is 0 Å². The lowest BCUT2D eigenvalue weighted by atomic mass is 9.77. The van der Waals surface area contributed by atoms with Crippen LogP contribution in [0, 0.1) is 17.3 Å². The van der Waals surface area contributed by atoms with E-state index in [1.807, 2.05) is 0 Å². The Kier molecular flexibility index (Phi) is 12.5. The van der Waals surface area contributed by atoms with Gasteiger partial charge in [-0.2, -0.15) is 0 Å². The van der Waals surface area contributed by atoms with Gasteiger partial charge in [-0.1, -0.05) is 101 Å². The van der Waals surface area contributed by atoms with Crippen LogP contribution in [0.25, 0.3) is 0 Å². The SMILES string of the molecule is CCCCCC1CCC(c2ccc([Si](C)(C)CCCC(CO)COCC3(CCC)COC3)cc2)CC1. The summed E-state index contributed by atoms with van der Waals surface area (Å²) < 4.78 is 11.5. The van der Waals surface area contributed by atoms with Crippen LogP contribution in [-0.4, -0.2) is 46.2 Å². The molecule has 1 saturated heterocycles. The average Bonchev–Trinajstić information content (AvgIpc) is 2.87. The molecule has 1 unspecified atom stereocenters. The molecular formula is C32H56O3Si. The Hall–Kier alpha value is -0.683. The van der Waals surface area contributed by atoms with E-state index in [9.17, 15) is 5.11 Å². The van der Waals surface area contributed by atoms with Crippen LogP contribution in [0.5, 0.6) is 0 Å². The minimum Gasteiger partial charge on any atom is -0.396 e. The second kappa shape index (κ2) is 15.0. The fourth-order valence-corrected chi connectivity index (χ4v) is 8.99. The molecule has 0 amide bonds. The third-order valence-electron chi connectivity index (χ3n) is 9.26. The summed E-state index contributed by atoms with van der Waals surface area (Å²) in [7, 11) is -1.47. The van der Waals surface area contributed by atoms with E-state index in [4.69, 9.17) is 9.47 Å². The first-order valence-electron chi connectivity index (χ1n) is 15.3. The van der Waals surface area contributed by atoms with Crippen molar-refractivity contribution in [3.8, 4) is 0 Å². The van der Waals surface area contributed by atoms with Crippen LogP contribution in [0.15, 0.2) is 24.3 Å². The Balaban J connectivity index is 1.38. The number of aliphatic hydroxyl groups is 1. The maximum absolute atomic E-state index is 9.91. The van der Waals surface area contributed by atoms with E-state index in [1.165, 1.54) is 76.7 Å². The molecule has 4 heteroatoms. The molecule has 1 aliphatic carbocycles. The number of hydrogen-bond acceptors (Lipinski definition) is 3. The lowest BCUT2D eigenvalue weighted by molar-refractivity contribution is -0.156. The zero-order chi connectivity index (χ0) is 25.9. The zero-order valence-electron chi connectivity index (χ0n) is 24.0. The predicted octanol–water partition coefficient (Wildman–Crippen LogP) is 7.68. The van der Waals surface area contributed by atoms with Gasteiger partial charge < -0.3 is 14.6 Å². The van der Waals surface area contributed by atoms with Gasteiger partial charge in [-0.25, -0.2) is 0 Å². The number of rotatable bonds is 17. The molecule has 206 valence electrons. The Morgan fingerprint density at radius 3 is 2.31 bits per heavy atom. The molecule has 0 aromatic heterocycles. The van der Waals surface area contributed by atoms with Crippen molar-refractivity contribution in [1.82, 2.24) is 0 Å². The molecule has 3 rings (SSSR count). The van der Waals surface area contributed by atoms with Gasteiger partial charge >= 0.3 is 0 Å². The van der Waals surface area contributed by atoms with Crippen molar-refractivity contribution in [1.29, 1.82) is 0 Å². The second-order valence-electron chi connectivity index (χ2n) is 12.9. The Morgan fingerprint density at radius 2 is 1.72 bits per heavy atom. The van der Waals surface area contributed by atoms with E-state index in [0.29, 0.717) is 6.61 Å². The van der Waals surface area contributed by atoms with Crippen molar-refractivity contribution in [2.75, 3.05) is 33.0 Å². The molecular weight excluding hydrogens is 460 g/mol. The Morgan fingerprint density at radius 1 is 1.00 bits per heavy atom. The van der Waals surface area contributed by atoms with Crippen molar-refractivity contribution < 1.29 is 14.6 Å². The topological polar surface area (TPSA) is 38.7 Å². The molecule has 1 aromatic carbocycles. The van der Waals surface area contributed by atoms with Gasteiger partial charge in [0, 0.05) is 17.9 Å². The van der Waals surface area contributed by atoms with Gasteiger partial charge in [-0.05, 0) is 55.9 Å². The molecule has 3 nitrogen and oxygen atoms in total. The van der Waals surface area contributed by atoms with Crippen molar-refractivity contribution in [2.45, 2.75) is 116 Å². The summed E-state index contributed by atoms with van der Waals surface area (Å²) in [6.07, 6.45) is 15.9. The summed E-state index contributed by atoms with van der Waals surface area (Å²) in [5, 5.41) is 11.5. The molecule has 1 aliphatic heterocycles. The highest BCUT2D eigenvalue weighted by Crippen LogP contribution is 2.38. The molecule has 2 aliphatic rings. The van der Waals surface area contributed by atoms with E-state index in [-0.39, 0.29) is 17.9 Å². The first kappa shape index (κ1) is 29.9. The smallest absolute Gasteiger partial charge is 0.0806 e. The molecule has 1 N–H and O–H groups in total. The van der Waals surface area contributed by atoms with Crippen molar-refractivity contribution in [3.05, 3.63) is 29.8 Å². The van der Waals surface area contributed by atoms with Crippen LogP contribution < -0.4 is 5.19 Å². The molecule has 1 atom stereocenters. The number of unbranched alkanes of at least 4 members (excludes halogenated alkanes) is 2. The van der Waals surface area contributed by atoms with Crippen LogP contribution in [0.4, 0.5) is 0 Å². The molecule has 1 saturated carbocycles. The lowest BCUT2D eigenvalue weighted by Gasteiger charge is -2.41. The van der Waals surface area contributed by atoms with Gasteiger partial charge in [0.2, 0.25) is 0 Å². The number of ether oxygens (including phenoxy) is 2. The summed E-state index contributed by atoms with van der Waals surface area (Å²) >= 11 is 0. The Bertz CT molecular complexity index is 719. The molecule has 2 fully saturated rings. The highest BCUT2D eigenvalue weighted by molar-refractivity contribution is 6.89. The van der Waals surface area contributed by atoms with Crippen molar-refractivity contribution >= 4 is 13.3 Å². The third-order valence-corrected chi connectivity index (χ3v) is 12.8. The molecule has 1 heterocycles. The standard InChI is InChI=1S/C32H56O3Si/c1-5-7-8-10-27-12-14-29(15-13-27)30-16-18-31(19-17-30)36(3,4)21-9-11-28(22-33)23-34-24-32(20-6-2)25-35-26-32/h16-19,27-29,33H,5-15,20-26H2,1-4H3. The predicted molar refractivity (Wildman–Crippen MR) is 156 cm³/mol. The van der Waals surface area contributed by atoms with Crippen LogP contribution in [0.1, 0.15) is 102 Å². The van der Waals surface area contributed by atoms with Crippen molar-refractivity contribution in [3.63, 3.8) is 0 Å². The van der Waals surface area contributed by atoms with Crippen LogP contribution >= 0.6 is 0 Å². The summed E-state index contributed by atoms with van der Waals surface area (Å²) in [6.45, 7) is 12.9. The highest BCUT2D eigenvalue weighted by atomic mass is 28.3. The van der Waals surface area contributed by atoms with E-state index in [1.54, 1.807) is 10.8 Å². The van der Waals surface area contributed by atoms with Gasteiger partial charge in [-0.3, -0.25) is 0 Å². The highest BCUT2D eigenvalue weighted by Gasteiger charge is 2.38. The summed E-state index contributed by atoms with van der Waals surface area (Å²) in [4.78, 5) is 0. The minimum atomic E-state index is -1.47. The fourth-order valence-electron chi connectivity index (χ4n) is 6.54. The fraction of sp³-hybridized carbons (Fsp3) is 0.812. The Labute approximate surface area is 223 Å². The molecule has 0 spiro atoms. The number of hydrogen-bond donors (Lipinski definition) is 1. The first-order chi connectivity index (χ1) is 17.4. The monoisotopic (exact) mass is 516 g/mol. The van der Waals surface area contributed by atoms with Gasteiger partial charge in [0.05, 0.1) is 34.5 Å². The van der Waals surface area contributed by atoms with E-state index >= 15 is 0 Å². The maximum Gasteiger partial charge on any atom is 0.0806 e. The third kappa shape index (κ3) is 8.96. The zero-order valence-corrected chi connectivity index (χ0v) is 25.0. The molecule has 0 bridgehead atoms. The second-order valence-corrected chi connectivity index (χ2v) is 17.8. The summed E-state index contributed by atoms with van der Waals surface area (Å²) in [5.74, 6) is 2.02. The van der Waals surface area contributed by atoms with E-state index in [0.717, 1.165) is 38.1 Å². The number of aliphatic hydroxyl groups excluding tert-OH is 1. The quantitative estimate of drug-likeness (QED) is 0.170. The van der Waals surface area contributed by atoms with E-state index < -0.39 is 8.07 Å². The maximum atomic E-state index is 9.91. The summed E-state index contributed by atoms with van der Waals surface area (Å²) in [5.41, 5.74) is 1.81. The first-order valence-corrected chi connectivity index (χ1v) is 18.5. The molecule has 0 radical (unpaired) electrons. The van der Waals surface area contributed by atoms with E-state index in [2.05, 4.69) is 51.2 Å². The minimum absolute atomic E-state index is 0.231. The lowest BCUT2D eigenvalue weighted by Crippen LogP contribution is -2.46. The number of benzene rings is 1. The van der Waals surface area contributed by atoms with Crippen LogP contribution in [0.3, 0.4) is 0 Å². The van der Waals surface area contributed by atoms with Gasteiger partial charge in [-0.15, -0.1) is 0 Å².